The molecule has 13 aromatic rings. The molecule has 0 radical (unpaired) electrons. The highest BCUT2D eigenvalue weighted by Crippen LogP contribution is 2.46. The molecule has 65 heavy (non-hydrogen) atoms. The molecule has 13 rings (SSSR count). The van der Waals surface area contributed by atoms with E-state index in [1.54, 1.807) is 0 Å². The molecule has 3 heteroatoms. The van der Waals surface area contributed by atoms with E-state index in [0.29, 0.717) is 0 Å². The van der Waals surface area contributed by atoms with Crippen LogP contribution in [0.4, 0.5) is 17.1 Å². The Bertz CT molecular complexity index is 3890. The van der Waals surface area contributed by atoms with E-state index in [-0.39, 0.29) is 0 Å². The van der Waals surface area contributed by atoms with Crippen molar-refractivity contribution in [2.75, 3.05) is 4.90 Å². The Hall–Kier alpha value is -8.66. The third-order valence-corrected chi connectivity index (χ3v) is 13.2. The summed E-state index contributed by atoms with van der Waals surface area (Å²) in [6.07, 6.45) is 0. The van der Waals surface area contributed by atoms with Gasteiger partial charge in [-0.15, -0.1) is 0 Å². The van der Waals surface area contributed by atoms with Gasteiger partial charge in [-0.2, -0.15) is 0 Å². The second kappa shape index (κ2) is 15.0. The van der Waals surface area contributed by atoms with E-state index in [2.05, 4.69) is 252 Å². The molecule has 2 aromatic heterocycles. The maximum absolute atomic E-state index is 6.60. The van der Waals surface area contributed by atoms with Crippen LogP contribution in [0, 0.1) is 0 Å². The van der Waals surface area contributed by atoms with Crippen molar-refractivity contribution in [2.45, 2.75) is 0 Å². The molecule has 0 saturated heterocycles. The Morgan fingerprint density at radius 1 is 0.323 bits per heavy atom. The van der Waals surface area contributed by atoms with Gasteiger partial charge in [0.2, 0.25) is 0 Å². The molecular formula is C62H40N2O. The Labute approximate surface area is 376 Å². The summed E-state index contributed by atoms with van der Waals surface area (Å²) in [5, 5.41) is 9.57. The number of hydrogen-bond acceptors (Lipinski definition) is 2. The van der Waals surface area contributed by atoms with Crippen molar-refractivity contribution in [1.29, 1.82) is 0 Å². The third kappa shape index (κ3) is 6.05. The fraction of sp³-hybridized carbons (Fsp3) is 0. The quantitative estimate of drug-likeness (QED) is 0.160. The number of para-hydroxylation sites is 4. The molecule has 3 nitrogen and oxygen atoms in total. The fourth-order valence-electron chi connectivity index (χ4n) is 10.2. The van der Waals surface area contributed by atoms with Crippen LogP contribution in [0.3, 0.4) is 0 Å². The number of aromatic nitrogens is 1. The number of hydrogen-bond donors (Lipinski definition) is 0. The average Bonchev–Trinajstić information content (AvgIpc) is 3.91. The fourth-order valence-corrected chi connectivity index (χ4v) is 10.2. The number of anilines is 3. The van der Waals surface area contributed by atoms with Gasteiger partial charge in [-0.3, -0.25) is 0 Å². The van der Waals surface area contributed by atoms with Crippen molar-refractivity contribution < 1.29 is 4.42 Å². The number of nitrogens with zero attached hydrogens (tertiary/aromatic N) is 2. The number of benzene rings is 11. The first kappa shape index (κ1) is 36.9. The maximum Gasteiger partial charge on any atom is 0.136 e. The Balaban J connectivity index is 0.982. The molecule has 0 unspecified atom stereocenters. The van der Waals surface area contributed by atoms with E-state index in [1.165, 1.54) is 60.0 Å². The summed E-state index contributed by atoms with van der Waals surface area (Å²) in [7, 11) is 0. The van der Waals surface area contributed by atoms with Gasteiger partial charge in [0.05, 0.1) is 22.4 Å². The van der Waals surface area contributed by atoms with E-state index in [0.717, 1.165) is 61.4 Å². The summed E-state index contributed by atoms with van der Waals surface area (Å²) in [5.74, 6) is 0. The summed E-state index contributed by atoms with van der Waals surface area (Å²) in [6, 6.07) is 87.7. The largest absolute Gasteiger partial charge is 0.456 e. The Morgan fingerprint density at radius 2 is 0.831 bits per heavy atom. The molecule has 0 saturated carbocycles. The van der Waals surface area contributed by atoms with Crippen LogP contribution in [0.2, 0.25) is 0 Å². The van der Waals surface area contributed by atoms with Crippen LogP contribution in [0.15, 0.2) is 247 Å². The van der Waals surface area contributed by atoms with E-state index in [1.807, 2.05) is 0 Å². The molecule has 0 fully saturated rings. The van der Waals surface area contributed by atoms with E-state index in [4.69, 9.17) is 4.42 Å². The van der Waals surface area contributed by atoms with Gasteiger partial charge < -0.3 is 13.9 Å². The molecule has 0 aliphatic rings. The van der Waals surface area contributed by atoms with Gasteiger partial charge in [-0.1, -0.05) is 176 Å². The van der Waals surface area contributed by atoms with Crippen LogP contribution in [0.25, 0.3) is 104 Å². The van der Waals surface area contributed by atoms with Crippen LogP contribution >= 0.6 is 0 Å². The lowest BCUT2D eigenvalue weighted by Crippen LogP contribution is -2.11. The second-order valence-electron chi connectivity index (χ2n) is 16.8. The highest BCUT2D eigenvalue weighted by atomic mass is 16.3. The monoisotopic (exact) mass is 828 g/mol. The molecular weight excluding hydrogens is 789 g/mol. The molecule has 0 aliphatic carbocycles. The number of rotatable bonds is 7. The number of furan rings is 1. The van der Waals surface area contributed by atoms with Crippen LogP contribution in [0.1, 0.15) is 0 Å². The van der Waals surface area contributed by atoms with Gasteiger partial charge in [0, 0.05) is 44.0 Å². The van der Waals surface area contributed by atoms with Crippen molar-refractivity contribution in [3.63, 3.8) is 0 Å². The van der Waals surface area contributed by atoms with Crippen molar-refractivity contribution in [2.24, 2.45) is 0 Å². The van der Waals surface area contributed by atoms with Crippen molar-refractivity contribution in [1.82, 2.24) is 4.57 Å². The van der Waals surface area contributed by atoms with Gasteiger partial charge in [-0.25, -0.2) is 0 Å². The zero-order valence-corrected chi connectivity index (χ0v) is 35.4. The van der Waals surface area contributed by atoms with E-state index >= 15 is 0 Å². The maximum atomic E-state index is 6.60. The molecule has 304 valence electrons. The molecule has 0 spiro atoms. The first-order valence-electron chi connectivity index (χ1n) is 22.2. The summed E-state index contributed by atoms with van der Waals surface area (Å²) in [5.41, 5.74) is 15.5. The van der Waals surface area contributed by atoms with E-state index < -0.39 is 0 Å². The zero-order chi connectivity index (χ0) is 42.8. The van der Waals surface area contributed by atoms with Crippen molar-refractivity contribution in [3.05, 3.63) is 243 Å². The van der Waals surface area contributed by atoms with Gasteiger partial charge in [-0.05, 0) is 111 Å². The smallest absolute Gasteiger partial charge is 0.136 e. The standard InChI is InChI=1S/C62H40N2O/c1-2-17-45-40-61-55(39-44(45)16-1)62-54(25-14-30-60(62)65-61)53-23-8-10-27-57(53)63(46-35-31-42(32-36-46)49-24-13-18-41-15-3-4-19-48(41)49)47-37-33-43(34-38-47)50-20-5-9-26-56(50)64-58-28-11-6-21-51(58)52-22-7-12-29-59(52)64/h1-40H. The zero-order valence-electron chi connectivity index (χ0n) is 35.4. The van der Waals surface area contributed by atoms with E-state index in [9.17, 15) is 0 Å². The lowest BCUT2D eigenvalue weighted by Gasteiger charge is -2.28. The van der Waals surface area contributed by atoms with Crippen LogP contribution in [-0.4, -0.2) is 4.57 Å². The van der Waals surface area contributed by atoms with Crippen LogP contribution in [-0.2, 0) is 0 Å². The average molecular weight is 829 g/mol. The second-order valence-corrected chi connectivity index (χ2v) is 16.8. The topological polar surface area (TPSA) is 21.3 Å². The Kier molecular flexibility index (Phi) is 8.53. The minimum Gasteiger partial charge on any atom is -0.456 e. The third-order valence-electron chi connectivity index (χ3n) is 13.2. The molecule has 11 aromatic carbocycles. The predicted molar refractivity (Wildman–Crippen MR) is 274 cm³/mol. The van der Waals surface area contributed by atoms with Gasteiger partial charge >= 0.3 is 0 Å². The van der Waals surface area contributed by atoms with Crippen molar-refractivity contribution >= 4 is 82.4 Å². The minimum absolute atomic E-state index is 0.875. The molecule has 0 atom stereocenters. The predicted octanol–water partition coefficient (Wildman–Crippen LogP) is 17.5. The molecule has 0 aliphatic heterocycles. The first-order valence-corrected chi connectivity index (χ1v) is 22.2. The summed E-state index contributed by atoms with van der Waals surface area (Å²) >= 11 is 0. The summed E-state index contributed by atoms with van der Waals surface area (Å²) in [6.45, 7) is 0. The van der Waals surface area contributed by atoms with Gasteiger partial charge in [0.1, 0.15) is 11.2 Å². The lowest BCUT2D eigenvalue weighted by atomic mass is 9.95. The van der Waals surface area contributed by atoms with Crippen LogP contribution < -0.4 is 4.90 Å². The summed E-state index contributed by atoms with van der Waals surface area (Å²) in [4.78, 5) is 2.40. The summed E-state index contributed by atoms with van der Waals surface area (Å²) < 4.78 is 9.02. The normalized spacial score (nSPS) is 11.7. The van der Waals surface area contributed by atoms with Gasteiger partial charge in [0.15, 0.2) is 0 Å². The Morgan fingerprint density at radius 3 is 1.55 bits per heavy atom. The SMILES string of the molecule is c1ccc(N(c2ccc(-c3ccccc3-n3c4ccccc4c4ccccc43)cc2)c2ccc(-c3cccc4ccccc34)cc2)c(-c2cccc3oc4cc5ccccc5cc4c23)c1. The molecule has 0 N–H and O–H groups in total. The lowest BCUT2D eigenvalue weighted by molar-refractivity contribution is 0.669. The molecule has 0 bridgehead atoms. The highest BCUT2D eigenvalue weighted by molar-refractivity contribution is 6.17. The molecule has 0 amide bonds. The first-order chi connectivity index (χ1) is 32.2. The minimum atomic E-state index is 0.875. The van der Waals surface area contributed by atoms with Gasteiger partial charge in [0.25, 0.3) is 0 Å². The van der Waals surface area contributed by atoms with Crippen molar-refractivity contribution in [3.8, 4) is 39.1 Å². The highest BCUT2D eigenvalue weighted by Gasteiger charge is 2.22. The van der Waals surface area contributed by atoms with Crippen LogP contribution in [0.5, 0.6) is 0 Å². The molecule has 2 heterocycles. The number of fused-ring (bicyclic) bond motifs is 8.